The van der Waals surface area contributed by atoms with Crippen LogP contribution in [0.1, 0.15) is 76.6 Å². The summed E-state index contributed by atoms with van der Waals surface area (Å²) in [7, 11) is 0. The largest absolute Gasteiger partial charge is 0.458 e. The van der Waals surface area contributed by atoms with E-state index in [1.165, 1.54) is 0 Å². The minimum absolute atomic E-state index is 0.0246. The molecule has 1 aromatic carbocycles. The summed E-state index contributed by atoms with van der Waals surface area (Å²) >= 11 is 0. The van der Waals surface area contributed by atoms with Crippen LogP contribution in [0.15, 0.2) is 30.3 Å². The Morgan fingerprint density at radius 1 is 1.30 bits per heavy atom. The zero-order valence-corrected chi connectivity index (χ0v) is 17.2. The van der Waals surface area contributed by atoms with Crippen molar-refractivity contribution in [3.8, 4) is 6.07 Å². The number of hydrogen-bond donors (Lipinski definition) is 0. The van der Waals surface area contributed by atoms with Crippen molar-refractivity contribution in [2.24, 2.45) is 28.6 Å². The van der Waals surface area contributed by atoms with Gasteiger partial charge in [0.25, 0.3) is 0 Å². The van der Waals surface area contributed by atoms with E-state index in [1.807, 2.05) is 30.3 Å². The topological polar surface area (TPSA) is 50.1 Å². The standard InChI is InChI=1S/C24H33NO2/c1-17(2)15-23(3,16-25)21-13-12-19-20(11-8-14-24(19,21)4)27-22(26)18-9-6-5-7-10-18/h5-7,9-10,17,19-21H,8,11-15H2,1-4H3. The molecule has 0 spiro atoms. The van der Waals surface area contributed by atoms with E-state index in [-0.39, 0.29) is 22.9 Å². The molecule has 0 aromatic heterocycles. The van der Waals surface area contributed by atoms with Crippen molar-refractivity contribution >= 4 is 5.97 Å². The molecule has 5 atom stereocenters. The molecule has 2 aliphatic rings. The van der Waals surface area contributed by atoms with Crippen molar-refractivity contribution in [1.82, 2.24) is 0 Å². The summed E-state index contributed by atoms with van der Waals surface area (Å²) in [6.45, 7) is 8.92. The number of carbonyl (C=O) groups is 1. The fraction of sp³-hybridized carbons (Fsp3) is 0.667. The number of benzene rings is 1. The van der Waals surface area contributed by atoms with E-state index in [9.17, 15) is 10.1 Å². The van der Waals surface area contributed by atoms with E-state index in [4.69, 9.17) is 4.74 Å². The van der Waals surface area contributed by atoms with Gasteiger partial charge in [0.1, 0.15) is 6.10 Å². The van der Waals surface area contributed by atoms with Crippen LogP contribution in [-0.2, 0) is 4.74 Å². The lowest BCUT2D eigenvalue weighted by Gasteiger charge is -2.48. The van der Waals surface area contributed by atoms with Crippen molar-refractivity contribution in [2.45, 2.75) is 72.3 Å². The number of carbonyl (C=O) groups excluding carboxylic acids is 1. The lowest BCUT2D eigenvalue weighted by Crippen LogP contribution is -2.46. The minimum atomic E-state index is -0.303. The van der Waals surface area contributed by atoms with E-state index in [0.717, 1.165) is 38.5 Å². The van der Waals surface area contributed by atoms with E-state index < -0.39 is 0 Å². The summed E-state index contributed by atoms with van der Waals surface area (Å²) in [4.78, 5) is 12.6. The third-order valence-corrected chi connectivity index (χ3v) is 7.19. The first-order valence-corrected chi connectivity index (χ1v) is 10.5. The average molecular weight is 368 g/mol. The third kappa shape index (κ3) is 3.77. The molecule has 2 aliphatic carbocycles. The highest BCUT2D eigenvalue weighted by molar-refractivity contribution is 5.89. The van der Waals surface area contributed by atoms with Crippen molar-refractivity contribution in [3.63, 3.8) is 0 Å². The Balaban J connectivity index is 1.79. The highest BCUT2D eigenvalue weighted by Crippen LogP contribution is 2.62. The van der Waals surface area contributed by atoms with Crippen LogP contribution in [0.4, 0.5) is 0 Å². The molecule has 0 amide bonds. The molecule has 0 saturated heterocycles. The molecule has 146 valence electrons. The van der Waals surface area contributed by atoms with Gasteiger partial charge in [-0.3, -0.25) is 0 Å². The van der Waals surface area contributed by atoms with Crippen LogP contribution in [0.5, 0.6) is 0 Å². The second kappa shape index (κ2) is 7.66. The number of nitrogens with zero attached hydrogens (tertiary/aromatic N) is 1. The Bertz CT molecular complexity index is 707. The van der Waals surface area contributed by atoms with E-state index in [0.29, 0.717) is 23.3 Å². The lowest BCUT2D eigenvalue weighted by molar-refractivity contribution is -0.0547. The van der Waals surface area contributed by atoms with Gasteiger partial charge in [0.05, 0.1) is 17.0 Å². The lowest BCUT2D eigenvalue weighted by atomic mass is 9.56. The number of ether oxygens (including phenoxy) is 1. The van der Waals surface area contributed by atoms with Gasteiger partial charge in [0.2, 0.25) is 0 Å². The fourth-order valence-corrected chi connectivity index (χ4v) is 6.20. The molecule has 27 heavy (non-hydrogen) atoms. The molecule has 1 aromatic rings. The van der Waals surface area contributed by atoms with Crippen LogP contribution in [0, 0.1) is 39.9 Å². The average Bonchev–Trinajstić information content (AvgIpc) is 3.00. The Labute approximate surface area is 164 Å². The van der Waals surface area contributed by atoms with Gasteiger partial charge in [-0.25, -0.2) is 4.79 Å². The second-order valence-corrected chi connectivity index (χ2v) is 9.57. The summed E-state index contributed by atoms with van der Waals surface area (Å²) in [5, 5.41) is 10.0. The molecule has 0 heterocycles. The van der Waals surface area contributed by atoms with Gasteiger partial charge >= 0.3 is 5.97 Å². The Morgan fingerprint density at radius 3 is 2.63 bits per heavy atom. The van der Waals surface area contributed by atoms with Gasteiger partial charge in [0.15, 0.2) is 0 Å². The highest BCUT2D eigenvalue weighted by Gasteiger charge is 2.57. The molecular weight excluding hydrogens is 334 g/mol. The number of nitriles is 1. The molecule has 3 nitrogen and oxygen atoms in total. The van der Waals surface area contributed by atoms with Gasteiger partial charge < -0.3 is 4.74 Å². The molecular formula is C24H33NO2. The molecule has 2 saturated carbocycles. The first-order chi connectivity index (χ1) is 12.8. The number of esters is 1. The highest BCUT2D eigenvalue weighted by atomic mass is 16.5. The van der Waals surface area contributed by atoms with Crippen molar-refractivity contribution in [1.29, 1.82) is 5.26 Å². The van der Waals surface area contributed by atoms with Crippen molar-refractivity contribution < 1.29 is 9.53 Å². The van der Waals surface area contributed by atoms with E-state index >= 15 is 0 Å². The van der Waals surface area contributed by atoms with Crippen molar-refractivity contribution in [2.75, 3.05) is 0 Å². The first kappa shape index (κ1) is 19.9. The van der Waals surface area contributed by atoms with Crippen molar-refractivity contribution in [3.05, 3.63) is 35.9 Å². The van der Waals surface area contributed by atoms with E-state index in [1.54, 1.807) is 0 Å². The maximum absolute atomic E-state index is 12.6. The summed E-state index contributed by atoms with van der Waals surface area (Å²) in [6.07, 6.45) is 6.18. The van der Waals surface area contributed by atoms with Crippen LogP contribution >= 0.6 is 0 Å². The van der Waals surface area contributed by atoms with Crippen LogP contribution in [0.2, 0.25) is 0 Å². The smallest absolute Gasteiger partial charge is 0.338 e. The maximum atomic E-state index is 12.6. The van der Waals surface area contributed by atoms with E-state index in [2.05, 4.69) is 33.8 Å². The van der Waals surface area contributed by atoms with Gasteiger partial charge in [-0.05, 0) is 74.8 Å². The number of fused-ring (bicyclic) bond motifs is 1. The minimum Gasteiger partial charge on any atom is -0.458 e. The maximum Gasteiger partial charge on any atom is 0.338 e. The SMILES string of the molecule is CC(C)CC(C)(C#N)C1CCC2C(OC(=O)c3ccccc3)CCCC21C. The zero-order valence-electron chi connectivity index (χ0n) is 17.2. The van der Waals surface area contributed by atoms with Gasteiger partial charge in [0, 0.05) is 5.92 Å². The van der Waals surface area contributed by atoms with Gasteiger partial charge in [-0.2, -0.15) is 5.26 Å². The van der Waals surface area contributed by atoms with Crippen LogP contribution in [-0.4, -0.2) is 12.1 Å². The molecule has 0 aliphatic heterocycles. The molecule has 0 N–H and O–H groups in total. The normalized spacial score (nSPS) is 32.4. The molecule has 3 rings (SSSR count). The van der Waals surface area contributed by atoms with Crippen LogP contribution < -0.4 is 0 Å². The second-order valence-electron chi connectivity index (χ2n) is 9.57. The Morgan fingerprint density at radius 2 is 2.00 bits per heavy atom. The molecule has 2 fully saturated rings. The predicted octanol–water partition coefficient (Wildman–Crippen LogP) is 6.00. The fourth-order valence-electron chi connectivity index (χ4n) is 6.20. The predicted molar refractivity (Wildman–Crippen MR) is 107 cm³/mol. The summed E-state index contributed by atoms with van der Waals surface area (Å²) < 4.78 is 6.01. The monoisotopic (exact) mass is 367 g/mol. The molecule has 3 heteroatoms. The van der Waals surface area contributed by atoms with Gasteiger partial charge in [-0.1, -0.05) is 39.0 Å². The molecule has 5 unspecified atom stereocenters. The summed E-state index contributed by atoms with van der Waals surface area (Å²) in [6, 6.07) is 12.0. The summed E-state index contributed by atoms with van der Waals surface area (Å²) in [5.74, 6) is 1.04. The number of hydrogen-bond acceptors (Lipinski definition) is 3. The first-order valence-electron chi connectivity index (χ1n) is 10.5. The quantitative estimate of drug-likeness (QED) is 0.599. The van der Waals surface area contributed by atoms with Crippen LogP contribution in [0.3, 0.4) is 0 Å². The zero-order chi connectivity index (χ0) is 19.7. The summed E-state index contributed by atoms with van der Waals surface area (Å²) in [5.41, 5.74) is 0.406. The number of rotatable bonds is 5. The Kier molecular flexibility index (Phi) is 5.65. The van der Waals surface area contributed by atoms with Gasteiger partial charge in [-0.15, -0.1) is 0 Å². The van der Waals surface area contributed by atoms with Crippen LogP contribution in [0.25, 0.3) is 0 Å². The Hall–Kier alpha value is -1.82. The molecule has 0 bridgehead atoms. The third-order valence-electron chi connectivity index (χ3n) is 7.19. The molecule has 0 radical (unpaired) electrons.